The van der Waals surface area contributed by atoms with Crippen LogP contribution >= 0.6 is 0 Å². The number of aliphatic hydroxyl groups is 1. The average Bonchev–Trinajstić information content (AvgIpc) is 2.92. The van der Waals surface area contributed by atoms with Crippen molar-refractivity contribution in [2.75, 3.05) is 33.0 Å². The predicted octanol–water partition coefficient (Wildman–Crippen LogP) is 1.69. The number of ether oxygens (including phenoxy) is 2. The van der Waals surface area contributed by atoms with Crippen LogP contribution in [0, 0.1) is 0 Å². The highest BCUT2D eigenvalue weighted by atomic mass is 16.7. The molecule has 0 aliphatic carbocycles. The van der Waals surface area contributed by atoms with Crippen LogP contribution in [0.25, 0.3) is 0 Å². The summed E-state index contributed by atoms with van der Waals surface area (Å²) in [5.74, 6) is 1.34. The van der Waals surface area contributed by atoms with Gasteiger partial charge in [0, 0.05) is 12.1 Å². The second-order valence-electron chi connectivity index (χ2n) is 4.84. The van der Waals surface area contributed by atoms with Crippen LogP contribution in [0.3, 0.4) is 0 Å². The Bertz CT molecular complexity index is 461. The first-order chi connectivity index (χ1) is 9.74. The first-order valence-electron chi connectivity index (χ1n) is 7.00. The predicted molar refractivity (Wildman–Crippen MR) is 75.3 cm³/mol. The molecule has 1 aromatic carbocycles. The molecule has 0 radical (unpaired) electrons. The zero-order chi connectivity index (χ0) is 14.4. The monoisotopic (exact) mass is 279 g/mol. The molecular formula is C15H21NO4. The molecule has 1 N–H and O–H groups in total. The van der Waals surface area contributed by atoms with Crippen molar-refractivity contribution in [3.05, 3.63) is 23.8 Å². The molecule has 0 aromatic heterocycles. The Morgan fingerprint density at radius 3 is 2.85 bits per heavy atom. The van der Waals surface area contributed by atoms with Gasteiger partial charge in [0.25, 0.3) is 0 Å². The number of carbonyl (C=O) groups is 1. The molecule has 0 saturated carbocycles. The lowest BCUT2D eigenvalue weighted by molar-refractivity contribution is 0.0913. The quantitative estimate of drug-likeness (QED) is 0.734. The molecule has 5 nitrogen and oxygen atoms in total. The first kappa shape index (κ1) is 14.8. The fourth-order valence-electron chi connectivity index (χ4n) is 2.16. The second-order valence-corrected chi connectivity index (χ2v) is 4.84. The van der Waals surface area contributed by atoms with Gasteiger partial charge in [-0.1, -0.05) is 13.3 Å². The van der Waals surface area contributed by atoms with Gasteiger partial charge < -0.3 is 14.6 Å². The first-order valence-corrected chi connectivity index (χ1v) is 7.00. The Morgan fingerprint density at radius 2 is 2.10 bits per heavy atom. The Labute approximate surface area is 119 Å². The van der Waals surface area contributed by atoms with Crippen LogP contribution in [0.2, 0.25) is 0 Å². The molecule has 1 aromatic rings. The van der Waals surface area contributed by atoms with Gasteiger partial charge in [-0.3, -0.25) is 9.69 Å². The van der Waals surface area contributed by atoms with Crippen LogP contribution < -0.4 is 9.47 Å². The molecule has 1 heterocycles. The molecule has 0 saturated heterocycles. The fourth-order valence-corrected chi connectivity index (χ4v) is 2.16. The van der Waals surface area contributed by atoms with Crippen LogP contribution in [-0.2, 0) is 0 Å². The summed E-state index contributed by atoms with van der Waals surface area (Å²) in [7, 11) is 0. The van der Waals surface area contributed by atoms with Gasteiger partial charge in [0.05, 0.1) is 13.2 Å². The molecule has 0 spiro atoms. The van der Waals surface area contributed by atoms with Crippen molar-refractivity contribution in [3.63, 3.8) is 0 Å². The number of hydrogen-bond donors (Lipinski definition) is 1. The lowest BCUT2D eigenvalue weighted by Gasteiger charge is -2.20. The molecular weight excluding hydrogens is 258 g/mol. The van der Waals surface area contributed by atoms with Crippen molar-refractivity contribution in [1.82, 2.24) is 4.90 Å². The van der Waals surface area contributed by atoms with E-state index < -0.39 is 0 Å². The van der Waals surface area contributed by atoms with E-state index in [2.05, 4.69) is 6.92 Å². The Hall–Kier alpha value is -1.59. The smallest absolute Gasteiger partial charge is 0.231 e. The Balaban J connectivity index is 1.98. The number of ketones is 1. The molecule has 0 unspecified atom stereocenters. The van der Waals surface area contributed by atoms with E-state index in [1.54, 1.807) is 18.2 Å². The van der Waals surface area contributed by atoms with E-state index in [4.69, 9.17) is 14.6 Å². The van der Waals surface area contributed by atoms with Gasteiger partial charge >= 0.3 is 0 Å². The summed E-state index contributed by atoms with van der Waals surface area (Å²) >= 11 is 0. The lowest BCUT2D eigenvalue weighted by atomic mass is 10.1. The van der Waals surface area contributed by atoms with Gasteiger partial charge in [-0.25, -0.2) is 0 Å². The Morgan fingerprint density at radius 1 is 1.30 bits per heavy atom. The van der Waals surface area contributed by atoms with Crippen molar-refractivity contribution in [1.29, 1.82) is 0 Å². The van der Waals surface area contributed by atoms with Crippen molar-refractivity contribution in [2.24, 2.45) is 0 Å². The summed E-state index contributed by atoms with van der Waals surface area (Å²) in [6, 6.07) is 5.24. The van der Waals surface area contributed by atoms with Gasteiger partial charge in [-0.05, 0) is 31.2 Å². The number of nitrogens with zero attached hydrogens (tertiary/aromatic N) is 1. The van der Waals surface area contributed by atoms with Crippen molar-refractivity contribution in [2.45, 2.75) is 19.8 Å². The summed E-state index contributed by atoms with van der Waals surface area (Å²) in [5, 5.41) is 9.06. The summed E-state index contributed by atoms with van der Waals surface area (Å²) in [4.78, 5) is 14.3. The molecule has 110 valence electrons. The molecule has 0 fully saturated rings. The minimum absolute atomic E-state index is 0.0350. The van der Waals surface area contributed by atoms with Gasteiger partial charge in [0.1, 0.15) is 0 Å². The zero-order valence-electron chi connectivity index (χ0n) is 11.8. The van der Waals surface area contributed by atoms with E-state index in [1.165, 1.54) is 0 Å². The van der Waals surface area contributed by atoms with Crippen molar-refractivity contribution in [3.8, 4) is 11.5 Å². The highest BCUT2D eigenvalue weighted by Gasteiger charge is 2.17. The molecule has 2 rings (SSSR count). The number of unbranched alkanes of at least 4 members (excludes halogenated alkanes) is 1. The number of carbonyl (C=O) groups excluding carboxylic acids is 1. The third-order valence-electron chi connectivity index (χ3n) is 3.31. The summed E-state index contributed by atoms with van der Waals surface area (Å²) < 4.78 is 10.5. The van der Waals surface area contributed by atoms with Crippen LogP contribution in [-0.4, -0.2) is 48.8 Å². The molecule has 20 heavy (non-hydrogen) atoms. The molecule has 5 heteroatoms. The highest BCUT2D eigenvalue weighted by Crippen LogP contribution is 2.32. The van der Waals surface area contributed by atoms with Crippen LogP contribution in [0.1, 0.15) is 30.1 Å². The molecule has 0 amide bonds. The highest BCUT2D eigenvalue weighted by molar-refractivity contribution is 5.98. The van der Waals surface area contributed by atoms with Gasteiger partial charge in [0.2, 0.25) is 6.79 Å². The minimum atomic E-state index is 0.0350. The van der Waals surface area contributed by atoms with Gasteiger partial charge in [-0.15, -0.1) is 0 Å². The van der Waals surface area contributed by atoms with E-state index >= 15 is 0 Å². The van der Waals surface area contributed by atoms with Gasteiger partial charge in [-0.2, -0.15) is 0 Å². The molecule has 0 atom stereocenters. The summed E-state index contributed by atoms with van der Waals surface area (Å²) in [6.45, 7) is 4.05. The number of hydrogen-bond acceptors (Lipinski definition) is 5. The summed E-state index contributed by atoms with van der Waals surface area (Å²) in [5.41, 5.74) is 0.619. The largest absolute Gasteiger partial charge is 0.454 e. The zero-order valence-corrected chi connectivity index (χ0v) is 11.8. The van der Waals surface area contributed by atoms with E-state index in [-0.39, 0.29) is 19.2 Å². The van der Waals surface area contributed by atoms with E-state index in [0.717, 1.165) is 19.4 Å². The summed E-state index contributed by atoms with van der Waals surface area (Å²) in [6.07, 6.45) is 2.09. The number of fused-ring (bicyclic) bond motifs is 1. The standard InChI is InChI=1S/C15H21NO4/c1-2-3-6-16(7-8-17)10-13(18)12-4-5-14-15(9-12)20-11-19-14/h4-5,9,17H,2-3,6-8,10-11H2,1H3. The van der Waals surface area contributed by atoms with E-state index in [9.17, 15) is 4.79 Å². The SMILES string of the molecule is CCCCN(CCO)CC(=O)c1ccc2c(c1)OCO2. The van der Waals surface area contributed by atoms with Crippen molar-refractivity contribution < 1.29 is 19.4 Å². The van der Waals surface area contributed by atoms with Gasteiger partial charge in [0.15, 0.2) is 17.3 Å². The van der Waals surface area contributed by atoms with Crippen LogP contribution in [0.4, 0.5) is 0 Å². The normalized spacial score (nSPS) is 12.9. The maximum Gasteiger partial charge on any atom is 0.231 e. The van der Waals surface area contributed by atoms with Crippen molar-refractivity contribution >= 4 is 5.78 Å². The van der Waals surface area contributed by atoms with Crippen LogP contribution in [0.5, 0.6) is 11.5 Å². The maximum atomic E-state index is 12.3. The molecule has 0 bridgehead atoms. The lowest BCUT2D eigenvalue weighted by Crippen LogP contribution is -2.33. The third-order valence-corrected chi connectivity index (χ3v) is 3.31. The number of benzene rings is 1. The maximum absolute atomic E-state index is 12.3. The second kappa shape index (κ2) is 7.26. The Kier molecular flexibility index (Phi) is 5.38. The number of rotatable bonds is 8. The van der Waals surface area contributed by atoms with E-state index in [1.807, 2.05) is 4.90 Å². The topological polar surface area (TPSA) is 59.0 Å². The van der Waals surface area contributed by atoms with Crippen LogP contribution in [0.15, 0.2) is 18.2 Å². The molecule has 1 aliphatic rings. The van der Waals surface area contributed by atoms with E-state index in [0.29, 0.717) is 30.2 Å². The number of aliphatic hydroxyl groups excluding tert-OH is 1. The minimum Gasteiger partial charge on any atom is -0.454 e. The third kappa shape index (κ3) is 3.71. The fraction of sp³-hybridized carbons (Fsp3) is 0.533. The average molecular weight is 279 g/mol. The number of Topliss-reactive ketones (excluding diaryl/α,β-unsaturated/α-hetero) is 1. The molecule has 1 aliphatic heterocycles.